The number of nitrogens with zero attached hydrogens (tertiary/aromatic N) is 1. The first-order valence-corrected chi connectivity index (χ1v) is 9.25. The van der Waals surface area contributed by atoms with Crippen molar-refractivity contribution in [2.24, 2.45) is 11.7 Å². The van der Waals surface area contributed by atoms with Crippen LogP contribution < -0.4 is 10.5 Å². The van der Waals surface area contributed by atoms with Crippen molar-refractivity contribution >= 4 is 45.6 Å². The van der Waals surface area contributed by atoms with E-state index < -0.39 is 10.0 Å². The second kappa shape index (κ2) is 8.23. The third kappa shape index (κ3) is 4.44. The second-order valence-electron chi connectivity index (χ2n) is 5.52. The fraction of sp³-hybridized carbons (Fsp3) is 0.571. The SMILES string of the molecule is COc1cc(Cl)c(S(=O)(=O)N2CCC(C(C)N)CC2)cc1Cl.Cl. The van der Waals surface area contributed by atoms with Gasteiger partial charge in [-0.25, -0.2) is 8.42 Å². The molecule has 23 heavy (non-hydrogen) atoms. The van der Waals surface area contributed by atoms with E-state index in [1.165, 1.54) is 23.5 Å². The van der Waals surface area contributed by atoms with Crippen LogP contribution in [0.4, 0.5) is 0 Å². The first-order chi connectivity index (χ1) is 10.3. The third-order valence-electron chi connectivity index (χ3n) is 4.07. The number of hydrogen-bond donors (Lipinski definition) is 1. The molecule has 5 nitrogen and oxygen atoms in total. The molecular formula is C14H21Cl3N2O3S. The average Bonchev–Trinajstić information content (AvgIpc) is 2.49. The molecule has 9 heteroatoms. The Morgan fingerprint density at radius 3 is 2.30 bits per heavy atom. The number of rotatable bonds is 4. The summed E-state index contributed by atoms with van der Waals surface area (Å²) < 4.78 is 32.0. The minimum absolute atomic E-state index is 0. The van der Waals surface area contributed by atoms with Crippen LogP contribution in [0.15, 0.2) is 17.0 Å². The Labute approximate surface area is 153 Å². The third-order valence-corrected chi connectivity index (χ3v) is 6.72. The summed E-state index contributed by atoms with van der Waals surface area (Å²) in [5, 5.41) is 0.325. The van der Waals surface area contributed by atoms with Crippen molar-refractivity contribution in [2.45, 2.75) is 30.7 Å². The highest BCUT2D eigenvalue weighted by atomic mass is 35.5. The molecule has 1 aromatic carbocycles. The number of benzene rings is 1. The molecule has 1 aromatic rings. The summed E-state index contributed by atoms with van der Waals surface area (Å²) >= 11 is 12.1. The highest BCUT2D eigenvalue weighted by molar-refractivity contribution is 7.89. The van der Waals surface area contributed by atoms with Crippen LogP contribution in [-0.4, -0.2) is 39.0 Å². The summed E-state index contributed by atoms with van der Waals surface area (Å²) in [5.41, 5.74) is 5.89. The number of piperidine rings is 1. The van der Waals surface area contributed by atoms with E-state index in [0.717, 1.165) is 12.8 Å². The first-order valence-electron chi connectivity index (χ1n) is 7.06. The molecule has 0 amide bonds. The van der Waals surface area contributed by atoms with Crippen LogP contribution in [0.5, 0.6) is 5.75 Å². The van der Waals surface area contributed by atoms with Gasteiger partial charge in [-0.2, -0.15) is 4.31 Å². The normalized spacial score (nSPS) is 18.3. The number of hydrogen-bond acceptors (Lipinski definition) is 4. The molecule has 2 N–H and O–H groups in total. The van der Waals surface area contributed by atoms with Crippen LogP contribution in [0.2, 0.25) is 10.0 Å². The van der Waals surface area contributed by atoms with Crippen molar-refractivity contribution in [1.29, 1.82) is 0 Å². The lowest BCUT2D eigenvalue weighted by Crippen LogP contribution is -2.42. The van der Waals surface area contributed by atoms with Crippen LogP contribution in [0.25, 0.3) is 0 Å². The van der Waals surface area contributed by atoms with Gasteiger partial charge in [-0.05, 0) is 31.7 Å². The summed E-state index contributed by atoms with van der Waals surface area (Å²) in [7, 11) is -2.22. The molecule has 0 radical (unpaired) electrons. The number of sulfonamides is 1. The highest BCUT2D eigenvalue weighted by Crippen LogP contribution is 2.35. The Hall–Kier alpha value is -0.240. The summed E-state index contributed by atoms with van der Waals surface area (Å²) in [4.78, 5) is 0.0132. The maximum Gasteiger partial charge on any atom is 0.244 e. The van der Waals surface area contributed by atoms with E-state index in [9.17, 15) is 8.42 Å². The standard InChI is InChI=1S/C14H20Cl2N2O3S.ClH/c1-9(17)10-3-5-18(6-4-10)22(19,20)14-8-11(15)13(21-2)7-12(14)16;/h7-10H,3-6,17H2,1-2H3;1H. The fourth-order valence-electron chi connectivity index (χ4n) is 2.65. The maximum absolute atomic E-state index is 12.7. The maximum atomic E-state index is 12.7. The van der Waals surface area contributed by atoms with Gasteiger partial charge in [0.1, 0.15) is 10.6 Å². The number of ether oxygens (including phenoxy) is 1. The van der Waals surface area contributed by atoms with Crippen molar-refractivity contribution in [3.63, 3.8) is 0 Å². The van der Waals surface area contributed by atoms with Crippen molar-refractivity contribution in [3.05, 3.63) is 22.2 Å². The zero-order valence-corrected chi connectivity index (χ0v) is 16.1. The van der Waals surface area contributed by atoms with E-state index >= 15 is 0 Å². The molecule has 1 atom stereocenters. The molecule has 1 aliphatic rings. The van der Waals surface area contributed by atoms with E-state index in [1.54, 1.807) is 0 Å². The van der Waals surface area contributed by atoms with Gasteiger partial charge in [-0.3, -0.25) is 0 Å². The Balaban J connectivity index is 0.00000264. The van der Waals surface area contributed by atoms with Gasteiger partial charge < -0.3 is 10.5 Å². The van der Waals surface area contributed by atoms with Crippen molar-refractivity contribution in [2.75, 3.05) is 20.2 Å². The number of halogens is 3. The van der Waals surface area contributed by atoms with Crippen LogP contribution in [-0.2, 0) is 10.0 Å². The van der Waals surface area contributed by atoms with Gasteiger partial charge in [0.2, 0.25) is 10.0 Å². The fourth-order valence-corrected chi connectivity index (χ4v) is 4.94. The van der Waals surface area contributed by atoms with Crippen LogP contribution in [0.3, 0.4) is 0 Å². The number of methoxy groups -OCH3 is 1. The van der Waals surface area contributed by atoms with Gasteiger partial charge in [0.15, 0.2) is 0 Å². The minimum atomic E-state index is -3.67. The molecule has 0 spiro atoms. The van der Waals surface area contributed by atoms with Gasteiger partial charge in [0, 0.05) is 25.2 Å². The molecule has 1 fully saturated rings. The predicted octanol–water partition coefficient (Wildman–Crippen LogP) is 3.17. The van der Waals surface area contributed by atoms with E-state index in [4.69, 9.17) is 33.7 Å². The van der Waals surface area contributed by atoms with Gasteiger partial charge in [0.05, 0.1) is 17.2 Å². The minimum Gasteiger partial charge on any atom is -0.495 e. The molecule has 1 saturated heterocycles. The summed E-state index contributed by atoms with van der Waals surface area (Å²) in [6.07, 6.45) is 1.50. The van der Waals surface area contributed by atoms with E-state index in [1.807, 2.05) is 6.92 Å². The van der Waals surface area contributed by atoms with Crippen LogP contribution in [0.1, 0.15) is 19.8 Å². The Bertz CT molecular complexity index is 645. The molecule has 1 aliphatic heterocycles. The predicted molar refractivity (Wildman–Crippen MR) is 95.4 cm³/mol. The zero-order valence-electron chi connectivity index (χ0n) is 13.0. The van der Waals surface area contributed by atoms with E-state index in [0.29, 0.717) is 24.8 Å². The molecule has 0 bridgehead atoms. The van der Waals surface area contributed by atoms with Gasteiger partial charge in [0.25, 0.3) is 0 Å². The molecule has 132 valence electrons. The monoisotopic (exact) mass is 402 g/mol. The summed E-state index contributed by atoms with van der Waals surface area (Å²) in [5.74, 6) is 0.697. The largest absolute Gasteiger partial charge is 0.495 e. The Kier molecular flexibility index (Phi) is 7.44. The van der Waals surface area contributed by atoms with Gasteiger partial charge in [-0.15, -0.1) is 12.4 Å². The van der Waals surface area contributed by atoms with E-state index in [2.05, 4.69) is 0 Å². The lowest BCUT2D eigenvalue weighted by molar-refractivity contribution is 0.250. The number of nitrogens with two attached hydrogens (primary N) is 1. The highest BCUT2D eigenvalue weighted by Gasteiger charge is 2.32. The van der Waals surface area contributed by atoms with E-state index in [-0.39, 0.29) is 33.4 Å². The molecular weight excluding hydrogens is 383 g/mol. The Morgan fingerprint density at radius 2 is 1.83 bits per heavy atom. The average molecular weight is 404 g/mol. The lowest BCUT2D eigenvalue weighted by atomic mass is 9.92. The van der Waals surface area contributed by atoms with Crippen molar-refractivity contribution in [1.82, 2.24) is 4.31 Å². The van der Waals surface area contributed by atoms with Crippen molar-refractivity contribution < 1.29 is 13.2 Å². The summed E-state index contributed by atoms with van der Waals surface area (Å²) in [6.45, 7) is 2.83. The Morgan fingerprint density at radius 1 is 1.26 bits per heavy atom. The van der Waals surface area contributed by atoms with Crippen LogP contribution >= 0.6 is 35.6 Å². The first kappa shape index (κ1) is 20.8. The molecule has 0 aromatic heterocycles. The van der Waals surface area contributed by atoms with Crippen molar-refractivity contribution in [3.8, 4) is 5.75 Å². The second-order valence-corrected chi connectivity index (χ2v) is 8.24. The smallest absolute Gasteiger partial charge is 0.244 e. The molecule has 2 rings (SSSR count). The molecule has 0 saturated carbocycles. The zero-order chi connectivity index (χ0) is 16.5. The molecule has 0 aliphatic carbocycles. The van der Waals surface area contributed by atoms with Crippen LogP contribution in [0, 0.1) is 5.92 Å². The van der Waals surface area contributed by atoms with Gasteiger partial charge in [-0.1, -0.05) is 23.2 Å². The topological polar surface area (TPSA) is 72.6 Å². The molecule has 1 heterocycles. The van der Waals surface area contributed by atoms with Gasteiger partial charge >= 0.3 is 0 Å². The quantitative estimate of drug-likeness (QED) is 0.838. The summed E-state index contributed by atoms with van der Waals surface area (Å²) in [6, 6.07) is 2.84. The lowest BCUT2D eigenvalue weighted by Gasteiger charge is -2.33. The molecule has 1 unspecified atom stereocenters.